The van der Waals surface area contributed by atoms with Gasteiger partial charge in [-0.3, -0.25) is 0 Å². The Hall–Kier alpha value is -2.96. The maximum absolute atomic E-state index is 13.1. The molecule has 0 aliphatic carbocycles. The number of anilines is 1. The van der Waals surface area contributed by atoms with Crippen LogP contribution in [0.5, 0.6) is 17.2 Å². The van der Waals surface area contributed by atoms with Gasteiger partial charge in [0.05, 0.1) is 20.8 Å². The summed E-state index contributed by atoms with van der Waals surface area (Å²) in [5.41, 5.74) is 6.60. The van der Waals surface area contributed by atoms with E-state index in [0.717, 1.165) is 5.69 Å². The highest BCUT2D eigenvalue weighted by atomic mass is 19.1. The van der Waals surface area contributed by atoms with Gasteiger partial charge in [-0.2, -0.15) is 0 Å². The first kappa shape index (κ1) is 18.4. The zero-order chi connectivity index (χ0) is 18.2. The van der Waals surface area contributed by atoms with E-state index in [1.165, 1.54) is 12.1 Å². The third-order valence-corrected chi connectivity index (χ3v) is 3.31. The van der Waals surface area contributed by atoms with E-state index in [1.54, 1.807) is 44.6 Å². The highest BCUT2D eigenvalue weighted by molar-refractivity contribution is 5.92. The highest BCUT2D eigenvalue weighted by Crippen LogP contribution is 2.29. The summed E-state index contributed by atoms with van der Waals surface area (Å²) >= 11 is 0. The van der Waals surface area contributed by atoms with Gasteiger partial charge in [0.1, 0.15) is 17.7 Å². The quantitative estimate of drug-likeness (QED) is 0.595. The zero-order valence-corrected chi connectivity index (χ0v) is 14.5. The molecule has 0 saturated carbocycles. The summed E-state index contributed by atoms with van der Waals surface area (Å²) in [7, 11) is 3.13. The molecular weight excluding hydrogens is 325 g/mol. The summed E-state index contributed by atoms with van der Waals surface area (Å²) in [6.45, 7) is 2.15. The fraction of sp³-hybridized carbons (Fsp3) is 0.278. The number of hydrogen-bond acceptors (Lipinski definition) is 4. The van der Waals surface area contributed by atoms with Gasteiger partial charge in [-0.15, -0.1) is 0 Å². The number of guanidine groups is 1. The van der Waals surface area contributed by atoms with Crippen molar-refractivity contribution >= 4 is 11.6 Å². The van der Waals surface area contributed by atoms with Crippen LogP contribution in [0.25, 0.3) is 0 Å². The summed E-state index contributed by atoms with van der Waals surface area (Å²) in [6.07, 6.45) is -0.257. The molecule has 134 valence electrons. The molecule has 0 aliphatic rings. The zero-order valence-electron chi connectivity index (χ0n) is 14.5. The molecule has 1 atom stereocenters. The largest absolute Gasteiger partial charge is 0.493 e. The van der Waals surface area contributed by atoms with Crippen molar-refractivity contribution in [3.8, 4) is 17.2 Å². The second kappa shape index (κ2) is 8.77. The fourth-order valence-electron chi connectivity index (χ4n) is 2.14. The van der Waals surface area contributed by atoms with E-state index in [0.29, 0.717) is 23.8 Å². The monoisotopic (exact) mass is 347 g/mol. The van der Waals surface area contributed by atoms with E-state index in [4.69, 9.17) is 19.9 Å². The predicted octanol–water partition coefficient (Wildman–Crippen LogP) is 3.04. The molecule has 0 heterocycles. The van der Waals surface area contributed by atoms with Gasteiger partial charge in [-0.1, -0.05) is 6.07 Å². The number of ether oxygens (including phenoxy) is 3. The average molecular weight is 347 g/mol. The third kappa shape index (κ3) is 5.56. The maximum atomic E-state index is 13.1. The number of benzene rings is 2. The molecule has 0 aliphatic heterocycles. The number of rotatable bonds is 7. The Kier molecular flexibility index (Phi) is 6.45. The van der Waals surface area contributed by atoms with Crippen LogP contribution in [0, 0.1) is 5.82 Å². The van der Waals surface area contributed by atoms with E-state index in [-0.39, 0.29) is 17.9 Å². The van der Waals surface area contributed by atoms with Gasteiger partial charge in [0.2, 0.25) is 0 Å². The van der Waals surface area contributed by atoms with Gasteiger partial charge in [0.25, 0.3) is 0 Å². The smallest absolute Gasteiger partial charge is 0.193 e. The molecule has 6 nitrogen and oxygen atoms in total. The fourth-order valence-corrected chi connectivity index (χ4v) is 2.14. The lowest BCUT2D eigenvalue weighted by Crippen LogP contribution is -2.25. The Morgan fingerprint density at radius 2 is 1.92 bits per heavy atom. The summed E-state index contributed by atoms with van der Waals surface area (Å²) in [6, 6.07) is 11.3. The average Bonchev–Trinajstić information content (AvgIpc) is 2.60. The number of nitrogens with two attached hydrogens (primary N) is 1. The van der Waals surface area contributed by atoms with Crippen LogP contribution in [0.3, 0.4) is 0 Å². The van der Waals surface area contributed by atoms with Crippen molar-refractivity contribution in [1.82, 2.24) is 0 Å². The van der Waals surface area contributed by atoms with Crippen LogP contribution in [0.2, 0.25) is 0 Å². The van der Waals surface area contributed by atoms with Gasteiger partial charge in [-0.05, 0) is 31.2 Å². The van der Waals surface area contributed by atoms with Crippen LogP contribution in [-0.2, 0) is 0 Å². The number of nitrogens with zero attached hydrogens (tertiary/aromatic N) is 1. The van der Waals surface area contributed by atoms with E-state index in [1.807, 2.05) is 6.92 Å². The Labute approximate surface area is 146 Å². The highest BCUT2D eigenvalue weighted by Gasteiger charge is 2.07. The van der Waals surface area contributed by atoms with Crippen LogP contribution in [0.15, 0.2) is 47.5 Å². The first-order chi connectivity index (χ1) is 12.0. The van der Waals surface area contributed by atoms with Gasteiger partial charge in [0, 0.05) is 17.8 Å². The molecule has 1 unspecified atom stereocenters. The first-order valence-corrected chi connectivity index (χ1v) is 7.73. The SMILES string of the molecule is COc1ccc(NC(N)=NCC(C)Oc2cccc(F)c2)cc1OC. The standard InChI is InChI=1S/C18H22FN3O3/c1-12(25-15-6-4-5-13(19)9-15)11-21-18(20)22-14-7-8-16(23-2)17(10-14)24-3/h4-10,12H,11H2,1-3H3,(H3,20,21,22). The van der Waals surface area contributed by atoms with Gasteiger partial charge >= 0.3 is 0 Å². The van der Waals surface area contributed by atoms with E-state index in [2.05, 4.69) is 10.3 Å². The molecule has 0 fully saturated rings. The lowest BCUT2D eigenvalue weighted by atomic mass is 10.3. The van der Waals surface area contributed by atoms with Crippen molar-refractivity contribution in [3.63, 3.8) is 0 Å². The van der Waals surface area contributed by atoms with Crippen molar-refractivity contribution in [3.05, 3.63) is 48.3 Å². The Morgan fingerprint density at radius 3 is 2.60 bits per heavy atom. The number of nitrogens with one attached hydrogen (secondary N) is 1. The van der Waals surface area contributed by atoms with E-state index in [9.17, 15) is 4.39 Å². The van der Waals surface area contributed by atoms with Gasteiger partial charge in [-0.25, -0.2) is 9.38 Å². The van der Waals surface area contributed by atoms with E-state index >= 15 is 0 Å². The van der Waals surface area contributed by atoms with Crippen molar-refractivity contribution < 1.29 is 18.6 Å². The number of aliphatic imine (C=N–C) groups is 1. The third-order valence-electron chi connectivity index (χ3n) is 3.31. The summed E-state index contributed by atoms with van der Waals surface area (Å²) < 4.78 is 29.1. The molecule has 7 heteroatoms. The lowest BCUT2D eigenvalue weighted by Gasteiger charge is -2.14. The minimum absolute atomic E-state index is 0.238. The molecule has 0 saturated heterocycles. The Balaban J connectivity index is 1.92. The first-order valence-electron chi connectivity index (χ1n) is 7.73. The molecule has 0 amide bonds. The Bertz CT molecular complexity index is 737. The molecule has 25 heavy (non-hydrogen) atoms. The van der Waals surface area contributed by atoms with Crippen LogP contribution in [0.4, 0.5) is 10.1 Å². The Morgan fingerprint density at radius 1 is 1.16 bits per heavy atom. The number of hydrogen-bond donors (Lipinski definition) is 2. The van der Waals surface area contributed by atoms with Crippen molar-refractivity contribution in [2.75, 3.05) is 26.1 Å². The summed E-state index contributed by atoms with van der Waals surface area (Å²) in [4.78, 5) is 4.23. The molecular formula is C18H22FN3O3. The number of halogens is 1. The van der Waals surface area contributed by atoms with Crippen LogP contribution in [0.1, 0.15) is 6.92 Å². The summed E-state index contributed by atoms with van der Waals surface area (Å²) in [5.74, 6) is 1.56. The molecule has 0 aromatic heterocycles. The molecule has 0 bridgehead atoms. The maximum Gasteiger partial charge on any atom is 0.193 e. The van der Waals surface area contributed by atoms with Crippen LogP contribution < -0.4 is 25.3 Å². The molecule has 2 aromatic rings. The normalized spacial score (nSPS) is 12.4. The topological polar surface area (TPSA) is 78.1 Å². The second-order valence-electron chi connectivity index (χ2n) is 5.31. The van der Waals surface area contributed by atoms with Crippen molar-refractivity contribution in [2.45, 2.75) is 13.0 Å². The van der Waals surface area contributed by atoms with Gasteiger partial charge < -0.3 is 25.3 Å². The van der Waals surface area contributed by atoms with E-state index < -0.39 is 0 Å². The molecule has 3 N–H and O–H groups in total. The van der Waals surface area contributed by atoms with Gasteiger partial charge in [0.15, 0.2) is 17.5 Å². The predicted molar refractivity (Wildman–Crippen MR) is 96.1 cm³/mol. The molecule has 2 aromatic carbocycles. The summed E-state index contributed by atoms with van der Waals surface area (Å²) in [5, 5.41) is 2.97. The minimum Gasteiger partial charge on any atom is -0.493 e. The van der Waals surface area contributed by atoms with Crippen molar-refractivity contribution in [2.24, 2.45) is 10.7 Å². The van der Waals surface area contributed by atoms with Crippen LogP contribution >= 0.6 is 0 Å². The van der Waals surface area contributed by atoms with Crippen molar-refractivity contribution in [1.29, 1.82) is 0 Å². The van der Waals surface area contributed by atoms with Crippen LogP contribution in [-0.4, -0.2) is 32.8 Å². The molecule has 0 radical (unpaired) electrons. The molecule has 0 spiro atoms. The minimum atomic E-state index is -0.345. The number of methoxy groups -OCH3 is 2. The lowest BCUT2D eigenvalue weighted by molar-refractivity contribution is 0.229. The second-order valence-corrected chi connectivity index (χ2v) is 5.31. The molecule has 2 rings (SSSR count).